The molecule has 14 heavy (non-hydrogen) atoms. The Morgan fingerprint density at radius 2 is 2.21 bits per heavy atom. The van der Waals surface area contributed by atoms with Gasteiger partial charge in [-0.1, -0.05) is 30.2 Å². The van der Waals surface area contributed by atoms with E-state index in [2.05, 4.69) is 28.2 Å². The lowest BCUT2D eigenvalue weighted by Gasteiger charge is -1.96. The molecule has 0 N–H and O–H groups in total. The van der Waals surface area contributed by atoms with Crippen molar-refractivity contribution in [1.29, 1.82) is 0 Å². The molecule has 70 valence electrons. The van der Waals surface area contributed by atoms with Crippen LogP contribution in [0.1, 0.15) is 17.8 Å². The minimum absolute atomic E-state index is 0.0719. The summed E-state index contributed by atoms with van der Waals surface area (Å²) >= 11 is 1.68. The molecule has 1 heterocycles. The molecule has 0 saturated carbocycles. The van der Waals surface area contributed by atoms with Crippen LogP contribution in [0.25, 0.3) is 20.5 Å². The van der Waals surface area contributed by atoms with Crippen LogP contribution in [0.5, 0.6) is 0 Å². The van der Waals surface area contributed by atoms with Gasteiger partial charge in [-0.3, -0.25) is 0 Å². The van der Waals surface area contributed by atoms with Crippen LogP contribution in [-0.2, 0) is 0 Å². The van der Waals surface area contributed by atoms with Crippen LogP contribution >= 0.6 is 11.3 Å². The van der Waals surface area contributed by atoms with Gasteiger partial charge in [-0.25, -0.2) is 0 Å². The number of benzene rings is 1. The molecule has 1 aromatic heterocycles. The first-order valence-corrected chi connectivity index (χ1v) is 5.15. The summed E-state index contributed by atoms with van der Waals surface area (Å²) in [6, 6.07) is 10.2. The highest BCUT2D eigenvalue weighted by molar-refractivity contribution is 7.19. The quantitative estimate of drug-likeness (QED) is 0.397. The summed E-state index contributed by atoms with van der Waals surface area (Å²) in [6.45, 7) is 1.91. The van der Waals surface area contributed by atoms with Gasteiger partial charge in [0.15, 0.2) is 0 Å². The number of hydrogen-bond donors (Lipinski definition) is 0. The average Bonchev–Trinajstić information content (AvgIpc) is 2.61. The molecule has 0 aliphatic carbocycles. The van der Waals surface area contributed by atoms with Gasteiger partial charge < -0.3 is 0 Å². The van der Waals surface area contributed by atoms with Gasteiger partial charge >= 0.3 is 0 Å². The van der Waals surface area contributed by atoms with Crippen molar-refractivity contribution in [2.75, 3.05) is 0 Å². The van der Waals surface area contributed by atoms with Crippen molar-refractivity contribution in [3.63, 3.8) is 0 Å². The first-order valence-electron chi connectivity index (χ1n) is 4.34. The zero-order valence-corrected chi connectivity index (χ0v) is 8.53. The Morgan fingerprint density at radius 3 is 2.93 bits per heavy atom. The number of azide groups is 1. The molecule has 0 unspecified atom stereocenters. The van der Waals surface area contributed by atoms with Crippen LogP contribution in [0, 0.1) is 0 Å². The van der Waals surface area contributed by atoms with Crippen molar-refractivity contribution in [2.24, 2.45) is 5.11 Å². The molecule has 2 aromatic rings. The van der Waals surface area contributed by atoms with Gasteiger partial charge in [0.25, 0.3) is 0 Å². The summed E-state index contributed by atoms with van der Waals surface area (Å²) in [5, 5.41) is 4.90. The van der Waals surface area contributed by atoms with Crippen LogP contribution in [0.2, 0.25) is 0 Å². The first-order chi connectivity index (χ1) is 6.81. The number of rotatable bonds is 2. The summed E-state index contributed by atoms with van der Waals surface area (Å²) in [6.07, 6.45) is 0. The topological polar surface area (TPSA) is 48.8 Å². The molecule has 0 aliphatic heterocycles. The second-order valence-electron chi connectivity index (χ2n) is 3.07. The third-order valence-corrected chi connectivity index (χ3v) is 3.37. The molecule has 0 amide bonds. The Balaban J connectivity index is 2.49. The van der Waals surface area contributed by atoms with Gasteiger partial charge in [-0.15, -0.1) is 11.3 Å². The molecule has 2 rings (SSSR count). The predicted octanol–water partition coefficient (Wildman–Crippen LogP) is 4.27. The van der Waals surface area contributed by atoms with Crippen molar-refractivity contribution in [3.05, 3.63) is 45.7 Å². The molecule has 0 fully saturated rings. The minimum Gasteiger partial charge on any atom is -0.140 e. The molecular weight excluding hydrogens is 194 g/mol. The molecule has 4 heteroatoms. The zero-order valence-electron chi connectivity index (χ0n) is 7.71. The molecule has 0 aliphatic rings. The van der Waals surface area contributed by atoms with E-state index >= 15 is 0 Å². The average molecular weight is 203 g/mol. The Bertz CT molecular complexity index is 464. The summed E-state index contributed by atoms with van der Waals surface area (Å²) in [5.74, 6) is 0. The van der Waals surface area contributed by atoms with E-state index in [1.54, 1.807) is 11.3 Å². The van der Waals surface area contributed by atoms with E-state index in [0.29, 0.717) is 0 Å². The third-order valence-electron chi connectivity index (χ3n) is 2.08. The second-order valence-corrected chi connectivity index (χ2v) is 4.18. The highest BCUT2D eigenvalue weighted by Crippen LogP contribution is 2.31. The van der Waals surface area contributed by atoms with E-state index in [1.807, 2.05) is 19.1 Å². The Kier molecular flexibility index (Phi) is 2.39. The number of hydrogen-bond acceptors (Lipinski definition) is 2. The van der Waals surface area contributed by atoms with Crippen molar-refractivity contribution in [2.45, 2.75) is 13.0 Å². The standard InChI is InChI=1S/C10H9N3S/c1-7(12-13-11)10-6-8-4-2-3-5-9(8)14-10/h2-7H,1H3/t7-/m0/s1. The van der Waals surface area contributed by atoms with E-state index in [9.17, 15) is 0 Å². The summed E-state index contributed by atoms with van der Waals surface area (Å²) in [4.78, 5) is 3.93. The molecule has 1 aromatic carbocycles. The van der Waals surface area contributed by atoms with E-state index in [0.717, 1.165) is 4.88 Å². The van der Waals surface area contributed by atoms with Crippen LogP contribution in [-0.4, -0.2) is 0 Å². The highest BCUT2D eigenvalue weighted by Gasteiger charge is 2.06. The van der Waals surface area contributed by atoms with E-state index < -0.39 is 0 Å². The normalized spacial score (nSPS) is 12.4. The molecule has 0 spiro atoms. The van der Waals surface area contributed by atoms with Gasteiger partial charge in [0, 0.05) is 14.5 Å². The maximum atomic E-state index is 8.34. The predicted molar refractivity (Wildman–Crippen MR) is 59.4 cm³/mol. The lowest BCUT2D eigenvalue weighted by molar-refractivity contribution is 0.827. The molecular formula is C10H9N3S. The van der Waals surface area contributed by atoms with Crippen molar-refractivity contribution in [3.8, 4) is 0 Å². The van der Waals surface area contributed by atoms with Gasteiger partial charge in [0.2, 0.25) is 0 Å². The lowest BCUT2D eigenvalue weighted by Crippen LogP contribution is -1.80. The van der Waals surface area contributed by atoms with Crippen LogP contribution < -0.4 is 0 Å². The molecule has 3 nitrogen and oxygen atoms in total. The molecule has 1 atom stereocenters. The number of fused-ring (bicyclic) bond motifs is 1. The van der Waals surface area contributed by atoms with Gasteiger partial charge in [-0.05, 0) is 23.1 Å². The van der Waals surface area contributed by atoms with Crippen LogP contribution in [0.3, 0.4) is 0 Å². The Labute approximate surface area is 85.6 Å². The zero-order chi connectivity index (χ0) is 9.97. The van der Waals surface area contributed by atoms with Crippen LogP contribution in [0.15, 0.2) is 35.4 Å². The lowest BCUT2D eigenvalue weighted by atomic mass is 10.2. The smallest absolute Gasteiger partial charge is 0.0691 e. The van der Waals surface area contributed by atoms with Crippen molar-refractivity contribution in [1.82, 2.24) is 0 Å². The first kappa shape index (κ1) is 9.06. The number of thiophene rings is 1. The monoisotopic (exact) mass is 203 g/mol. The number of nitrogens with zero attached hydrogens (tertiary/aromatic N) is 3. The summed E-state index contributed by atoms with van der Waals surface area (Å²) in [7, 11) is 0. The van der Waals surface area contributed by atoms with Crippen LogP contribution in [0.4, 0.5) is 0 Å². The summed E-state index contributed by atoms with van der Waals surface area (Å²) < 4.78 is 1.24. The van der Waals surface area contributed by atoms with E-state index in [4.69, 9.17) is 5.53 Å². The SMILES string of the molecule is C[C@H](N=[N+]=[N-])c1cc2ccccc2s1. The Morgan fingerprint density at radius 1 is 1.43 bits per heavy atom. The molecule has 0 radical (unpaired) electrons. The third kappa shape index (κ3) is 1.58. The van der Waals surface area contributed by atoms with Crippen molar-refractivity contribution >= 4 is 21.4 Å². The Hall–Kier alpha value is -1.51. The van der Waals surface area contributed by atoms with Gasteiger partial charge in [0.1, 0.15) is 0 Å². The van der Waals surface area contributed by atoms with E-state index in [1.165, 1.54) is 10.1 Å². The highest BCUT2D eigenvalue weighted by atomic mass is 32.1. The fourth-order valence-corrected chi connectivity index (χ4v) is 2.39. The second kappa shape index (κ2) is 3.70. The minimum atomic E-state index is -0.0719. The molecule has 0 bridgehead atoms. The largest absolute Gasteiger partial charge is 0.140 e. The summed E-state index contributed by atoms with van der Waals surface area (Å²) in [5.41, 5.74) is 8.34. The fourth-order valence-electron chi connectivity index (χ4n) is 1.34. The molecule has 0 saturated heterocycles. The maximum Gasteiger partial charge on any atom is 0.0691 e. The van der Waals surface area contributed by atoms with Gasteiger partial charge in [-0.2, -0.15) is 0 Å². The maximum absolute atomic E-state index is 8.34. The van der Waals surface area contributed by atoms with Gasteiger partial charge in [0.05, 0.1) is 6.04 Å². The van der Waals surface area contributed by atoms with Crippen molar-refractivity contribution < 1.29 is 0 Å². The van der Waals surface area contributed by atoms with E-state index in [-0.39, 0.29) is 6.04 Å². The fraction of sp³-hybridized carbons (Fsp3) is 0.200.